The van der Waals surface area contributed by atoms with Crippen molar-refractivity contribution < 1.29 is 13.2 Å². The zero-order chi connectivity index (χ0) is 19.0. The molecular formula is C21H12BrF3N2. The molecular weight excluding hydrogens is 417 g/mol. The summed E-state index contributed by atoms with van der Waals surface area (Å²) in [5.41, 5.74) is 2.77. The molecule has 0 bridgehead atoms. The van der Waals surface area contributed by atoms with Crippen LogP contribution in [0.2, 0.25) is 0 Å². The molecule has 1 heterocycles. The largest absolute Gasteiger partial charge is 0.337 e. The Bertz CT molecular complexity index is 1040. The van der Waals surface area contributed by atoms with Crippen molar-refractivity contribution in [2.75, 3.05) is 0 Å². The molecule has 0 aliphatic heterocycles. The molecule has 0 aliphatic carbocycles. The van der Waals surface area contributed by atoms with Gasteiger partial charge in [-0.1, -0.05) is 15.9 Å². The summed E-state index contributed by atoms with van der Waals surface area (Å²) in [6.07, 6.45) is 0. The normalized spacial score (nSPS) is 11.0. The Labute approximate surface area is 161 Å². The number of rotatable bonds is 3. The molecule has 27 heavy (non-hydrogen) atoms. The van der Waals surface area contributed by atoms with Crippen LogP contribution in [0.5, 0.6) is 0 Å². The van der Waals surface area contributed by atoms with Crippen LogP contribution in [0.4, 0.5) is 13.2 Å². The van der Waals surface area contributed by atoms with Gasteiger partial charge in [-0.3, -0.25) is 0 Å². The van der Waals surface area contributed by atoms with Crippen molar-refractivity contribution in [3.05, 3.63) is 88.7 Å². The first kappa shape index (κ1) is 17.5. The Morgan fingerprint density at radius 1 is 0.741 bits per heavy atom. The predicted octanol–water partition coefficient (Wildman–Crippen LogP) is 6.59. The topological polar surface area (TPSA) is 28.7 Å². The minimum atomic E-state index is -0.436. The number of hydrogen-bond acceptors (Lipinski definition) is 1. The first-order valence-electron chi connectivity index (χ1n) is 8.08. The maximum Gasteiger partial charge on any atom is 0.141 e. The van der Waals surface area contributed by atoms with Gasteiger partial charge in [-0.15, -0.1) is 0 Å². The first-order valence-corrected chi connectivity index (χ1v) is 8.88. The van der Waals surface area contributed by atoms with Crippen molar-refractivity contribution in [1.82, 2.24) is 9.97 Å². The summed E-state index contributed by atoms with van der Waals surface area (Å²) in [7, 11) is 0. The number of imidazole rings is 1. The Kier molecular flexibility index (Phi) is 4.58. The highest BCUT2D eigenvalue weighted by molar-refractivity contribution is 9.10. The van der Waals surface area contributed by atoms with E-state index in [2.05, 4.69) is 25.9 Å². The van der Waals surface area contributed by atoms with Gasteiger partial charge in [0, 0.05) is 15.6 Å². The van der Waals surface area contributed by atoms with E-state index in [4.69, 9.17) is 0 Å². The van der Waals surface area contributed by atoms with Gasteiger partial charge in [0.25, 0.3) is 0 Å². The van der Waals surface area contributed by atoms with Gasteiger partial charge in [-0.2, -0.15) is 0 Å². The molecule has 0 aliphatic rings. The highest BCUT2D eigenvalue weighted by Gasteiger charge is 2.17. The minimum absolute atomic E-state index is 0.301. The number of aromatic amines is 1. The average molecular weight is 429 g/mol. The Morgan fingerprint density at radius 2 is 1.33 bits per heavy atom. The van der Waals surface area contributed by atoms with Gasteiger partial charge in [0.15, 0.2) is 0 Å². The van der Waals surface area contributed by atoms with Crippen LogP contribution in [0.15, 0.2) is 71.2 Å². The fourth-order valence-electron chi connectivity index (χ4n) is 2.82. The lowest BCUT2D eigenvalue weighted by Gasteiger charge is -2.03. The molecule has 4 rings (SSSR count). The van der Waals surface area contributed by atoms with Crippen LogP contribution in [0, 0.1) is 17.5 Å². The van der Waals surface area contributed by atoms with E-state index in [0.717, 1.165) is 0 Å². The zero-order valence-electron chi connectivity index (χ0n) is 13.8. The van der Waals surface area contributed by atoms with Gasteiger partial charge < -0.3 is 4.98 Å². The van der Waals surface area contributed by atoms with Crippen LogP contribution in [0.1, 0.15) is 0 Å². The molecule has 2 nitrogen and oxygen atoms in total. The molecule has 0 unspecified atom stereocenters. The standard InChI is InChI=1S/C21H12BrF3N2/c22-14-5-10-17(18(25)11-14)21-26-19(12-1-6-15(23)7-2-12)20(27-21)13-3-8-16(24)9-4-13/h1-11H,(H,26,27). The molecule has 0 atom stereocenters. The molecule has 0 saturated heterocycles. The van der Waals surface area contributed by atoms with Gasteiger partial charge in [-0.05, 0) is 66.7 Å². The van der Waals surface area contributed by atoms with E-state index in [0.29, 0.717) is 38.4 Å². The maximum atomic E-state index is 14.4. The average Bonchev–Trinajstić information content (AvgIpc) is 3.08. The summed E-state index contributed by atoms with van der Waals surface area (Å²) in [5.74, 6) is -0.828. The second kappa shape index (κ2) is 7.04. The quantitative estimate of drug-likeness (QED) is 0.391. The molecule has 3 aromatic carbocycles. The molecule has 1 aromatic heterocycles. The highest BCUT2D eigenvalue weighted by Crippen LogP contribution is 2.34. The summed E-state index contributed by atoms with van der Waals surface area (Å²) < 4.78 is 41.6. The van der Waals surface area contributed by atoms with Crippen molar-refractivity contribution in [2.45, 2.75) is 0 Å². The molecule has 0 saturated carbocycles. The van der Waals surface area contributed by atoms with E-state index < -0.39 is 5.82 Å². The summed E-state index contributed by atoms with van der Waals surface area (Å²) in [6.45, 7) is 0. The second-order valence-electron chi connectivity index (χ2n) is 5.95. The van der Waals surface area contributed by atoms with Gasteiger partial charge in [0.2, 0.25) is 0 Å². The summed E-state index contributed by atoms with van der Waals surface area (Å²) in [6, 6.07) is 16.4. The van der Waals surface area contributed by atoms with Crippen LogP contribution in [0.3, 0.4) is 0 Å². The van der Waals surface area contributed by atoms with Crippen molar-refractivity contribution in [3.8, 4) is 33.9 Å². The van der Waals surface area contributed by atoms with E-state index in [1.165, 1.54) is 30.3 Å². The Morgan fingerprint density at radius 3 is 1.93 bits per heavy atom. The molecule has 134 valence electrons. The van der Waals surface area contributed by atoms with Crippen LogP contribution < -0.4 is 0 Å². The molecule has 0 fully saturated rings. The number of halogens is 4. The van der Waals surface area contributed by atoms with Crippen LogP contribution in [0.25, 0.3) is 33.9 Å². The van der Waals surface area contributed by atoms with E-state index in [1.54, 1.807) is 36.4 Å². The number of nitrogens with zero attached hydrogens (tertiary/aromatic N) is 1. The van der Waals surface area contributed by atoms with E-state index >= 15 is 0 Å². The number of benzene rings is 3. The predicted molar refractivity (Wildman–Crippen MR) is 102 cm³/mol. The molecule has 6 heteroatoms. The van der Waals surface area contributed by atoms with Crippen LogP contribution >= 0.6 is 15.9 Å². The molecule has 0 spiro atoms. The lowest BCUT2D eigenvalue weighted by molar-refractivity contribution is 0.627. The van der Waals surface area contributed by atoms with Gasteiger partial charge in [-0.25, -0.2) is 18.2 Å². The van der Waals surface area contributed by atoms with E-state index in [1.807, 2.05) is 0 Å². The minimum Gasteiger partial charge on any atom is -0.337 e. The summed E-state index contributed by atoms with van der Waals surface area (Å²) >= 11 is 3.23. The van der Waals surface area contributed by atoms with Crippen LogP contribution in [-0.4, -0.2) is 9.97 Å². The van der Waals surface area contributed by atoms with Crippen molar-refractivity contribution in [2.24, 2.45) is 0 Å². The number of nitrogens with one attached hydrogen (secondary N) is 1. The van der Waals surface area contributed by atoms with Gasteiger partial charge in [0.1, 0.15) is 23.3 Å². The Hall–Kier alpha value is -2.86. The first-order chi connectivity index (χ1) is 13.0. The molecule has 0 amide bonds. The third-order valence-corrected chi connectivity index (χ3v) is 4.63. The van der Waals surface area contributed by atoms with E-state index in [9.17, 15) is 13.2 Å². The lowest BCUT2D eigenvalue weighted by Crippen LogP contribution is -1.86. The van der Waals surface area contributed by atoms with Gasteiger partial charge in [0.05, 0.1) is 17.0 Å². The fourth-order valence-corrected chi connectivity index (χ4v) is 3.16. The molecule has 1 N–H and O–H groups in total. The second-order valence-corrected chi connectivity index (χ2v) is 6.86. The molecule has 0 radical (unpaired) electrons. The lowest BCUT2D eigenvalue weighted by atomic mass is 10.1. The smallest absolute Gasteiger partial charge is 0.141 e. The molecule has 4 aromatic rings. The Balaban J connectivity index is 1.91. The van der Waals surface area contributed by atoms with E-state index in [-0.39, 0.29) is 11.6 Å². The highest BCUT2D eigenvalue weighted by atomic mass is 79.9. The third-order valence-electron chi connectivity index (χ3n) is 4.14. The van der Waals surface area contributed by atoms with Crippen molar-refractivity contribution >= 4 is 15.9 Å². The van der Waals surface area contributed by atoms with Crippen molar-refractivity contribution in [3.63, 3.8) is 0 Å². The zero-order valence-corrected chi connectivity index (χ0v) is 15.4. The number of aromatic nitrogens is 2. The van der Waals surface area contributed by atoms with Crippen LogP contribution in [-0.2, 0) is 0 Å². The third kappa shape index (κ3) is 3.53. The monoisotopic (exact) mass is 428 g/mol. The van der Waals surface area contributed by atoms with Gasteiger partial charge >= 0.3 is 0 Å². The fraction of sp³-hybridized carbons (Fsp3) is 0. The summed E-state index contributed by atoms with van der Waals surface area (Å²) in [5, 5.41) is 0. The number of hydrogen-bond donors (Lipinski definition) is 1. The van der Waals surface area contributed by atoms with Crippen molar-refractivity contribution in [1.29, 1.82) is 0 Å². The number of H-pyrrole nitrogens is 1. The SMILES string of the molecule is Fc1ccc(-c2nc(-c3ccc(Br)cc3F)[nH]c2-c2ccc(F)cc2)cc1. The summed E-state index contributed by atoms with van der Waals surface area (Å²) in [4.78, 5) is 7.67. The maximum absolute atomic E-state index is 14.4.